The Hall–Kier alpha value is -2.90. The predicted octanol–water partition coefficient (Wildman–Crippen LogP) is 6.19. The van der Waals surface area contributed by atoms with Crippen LogP contribution in [0.25, 0.3) is 10.2 Å². The van der Waals surface area contributed by atoms with Gasteiger partial charge in [-0.15, -0.1) is 0 Å². The Morgan fingerprint density at radius 1 is 1.18 bits per heavy atom. The first-order chi connectivity index (χ1) is 15.8. The fraction of sp³-hybridized carbons (Fsp3) is 0.320. The number of hydrogen-bond donors (Lipinski definition) is 0. The van der Waals surface area contributed by atoms with Gasteiger partial charge in [0.1, 0.15) is 11.3 Å². The highest BCUT2D eigenvalue weighted by molar-refractivity contribution is 7.23. The molecule has 4 rings (SSSR count). The van der Waals surface area contributed by atoms with Crippen molar-refractivity contribution in [3.63, 3.8) is 0 Å². The van der Waals surface area contributed by atoms with Gasteiger partial charge in [0, 0.05) is 31.0 Å². The van der Waals surface area contributed by atoms with Crippen LogP contribution in [0.15, 0.2) is 55.1 Å². The number of aromatic nitrogens is 3. The van der Waals surface area contributed by atoms with Crippen LogP contribution in [0.5, 0.6) is 5.75 Å². The summed E-state index contributed by atoms with van der Waals surface area (Å²) in [5, 5.41) is 1.20. The molecule has 172 valence electrons. The molecule has 2 heterocycles. The van der Waals surface area contributed by atoms with Crippen LogP contribution in [0.2, 0.25) is 5.02 Å². The molecule has 0 radical (unpaired) electrons. The van der Waals surface area contributed by atoms with Crippen LogP contribution in [-0.4, -0.2) is 34.1 Å². The Morgan fingerprint density at radius 3 is 2.58 bits per heavy atom. The molecule has 0 saturated heterocycles. The van der Waals surface area contributed by atoms with Crippen LogP contribution in [-0.2, 0) is 12.0 Å². The summed E-state index contributed by atoms with van der Waals surface area (Å²) in [4.78, 5) is 24.2. The summed E-state index contributed by atoms with van der Waals surface area (Å²) in [6, 6.07) is 11.4. The number of aryl methyl sites for hydroxylation is 1. The first-order valence-electron chi connectivity index (χ1n) is 10.8. The van der Waals surface area contributed by atoms with E-state index in [-0.39, 0.29) is 11.3 Å². The highest BCUT2D eigenvalue weighted by atomic mass is 35.5. The average molecular weight is 483 g/mol. The Bertz CT molecular complexity index is 1240. The molecule has 1 amide bonds. The summed E-state index contributed by atoms with van der Waals surface area (Å²) >= 11 is 7.84. The summed E-state index contributed by atoms with van der Waals surface area (Å²) in [7, 11) is 1.60. The standard InChI is InChI=1S/C25H27ClN4O2S/c1-25(2,3)18-8-6-17(7-9-18)23(31)30(14-5-13-29-15-12-27-16-29)24-28-21-20(32-4)11-10-19(26)22(21)33-24/h6-12,15-16H,5,13-14H2,1-4H3. The van der Waals surface area contributed by atoms with Crippen molar-refractivity contribution in [1.29, 1.82) is 0 Å². The molecule has 0 N–H and O–H groups in total. The van der Waals surface area contributed by atoms with Gasteiger partial charge in [-0.25, -0.2) is 9.97 Å². The van der Waals surface area contributed by atoms with Gasteiger partial charge in [0.2, 0.25) is 0 Å². The lowest BCUT2D eigenvalue weighted by Gasteiger charge is -2.22. The van der Waals surface area contributed by atoms with E-state index < -0.39 is 0 Å². The number of imidazole rings is 1. The molecule has 0 aliphatic carbocycles. The molecule has 6 nitrogen and oxygen atoms in total. The maximum atomic E-state index is 13.6. The Morgan fingerprint density at radius 2 is 1.94 bits per heavy atom. The molecule has 4 aromatic rings. The third kappa shape index (κ3) is 5.04. The zero-order valence-corrected chi connectivity index (χ0v) is 20.8. The molecule has 8 heteroatoms. The maximum Gasteiger partial charge on any atom is 0.260 e. The second kappa shape index (κ2) is 9.53. The second-order valence-electron chi connectivity index (χ2n) is 8.86. The number of ether oxygens (including phenoxy) is 1. The van der Waals surface area contributed by atoms with Crippen LogP contribution in [0.1, 0.15) is 43.1 Å². The molecule has 0 atom stereocenters. The summed E-state index contributed by atoms with van der Waals surface area (Å²) in [6.45, 7) is 7.74. The van der Waals surface area contributed by atoms with Crippen LogP contribution < -0.4 is 9.64 Å². The lowest BCUT2D eigenvalue weighted by molar-refractivity contribution is 0.0986. The first-order valence-corrected chi connectivity index (χ1v) is 12.0. The predicted molar refractivity (Wildman–Crippen MR) is 135 cm³/mol. The highest BCUT2D eigenvalue weighted by Gasteiger charge is 2.24. The molecule has 0 spiro atoms. The minimum atomic E-state index is -0.0877. The summed E-state index contributed by atoms with van der Waals surface area (Å²) in [6.07, 6.45) is 6.20. The molecule has 2 aromatic heterocycles. The molecular weight excluding hydrogens is 456 g/mol. The van der Waals surface area contributed by atoms with E-state index in [1.54, 1.807) is 36.7 Å². The van der Waals surface area contributed by atoms with Crippen molar-refractivity contribution in [3.05, 3.63) is 71.3 Å². The highest BCUT2D eigenvalue weighted by Crippen LogP contribution is 2.39. The molecule has 0 unspecified atom stereocenters. The van der Waals surface area contributed by atoms with Gasteiger partial charge in [-0.05, 0) is 41.7 Å². The van der Waals surface area contributed by atoms with Gasteiger partial charge in [0.25, 0.3) is 5.91 Å². The molecular formula is C25H27ClN4O2S. The first kappa shape index (κ1) is 23.3. The van der Waals surface area contributed by atoms with E-state index in [9.17, 15) is 4.79 Å². The van der Waals surface area contributed by atoms with Crippen LogP contribution >= 0.6 is 22.9 Å². The quantitative estimate of drug-likeness (QED) is 0.315. The van der Waals surface area contributed by atoms with Crippen molar-refractivity contribution in [2.24, 2.45) is 0 Å². The number of halogens is 1. The second-order valence-corrected chi connectivity index (χ2v) is 10.2. The summed E-state index contributed by atoms with van der Waals surface area (Å²) in [5.74, 6) is 0.549. The van der Waals surface area contributed by atoms with Crippen molar-refractivity contribution in [2.75, 3.05) is 18.6 Å². The number of benzene rings is 2. The third-order valence-corrected chi connectivity index (χ3v) is 7.04. The zero-order valence-electron chi connectivity index (χ0n) is 19.2. The number of carbonyl (C=O) groups is 1. The number of nitrogens with zero attached hydrogens (tertiary/aromatic N) is 4. The SMILES string of the molecule is COc1ccc(Cl)c2sc(N(CCCn3ccnc3)C(=O)c3ccc(C(C)(C)C)cc3)nc12. The third-order valence-electron chi connectivity index (χ3n) is 5.50. The van der Waals surface area contributed by atoms with Crippen molar-refractivity contribution >= 4 is 44.2 Å². The summed E-state index contributed by atoms with van der Waals surface area (Å²) in [5.41, 5.74) is 2.50. The van der Waals surface area contributed by atoms with Gasteiger partial charge in [-0.1, -0.05) is 55.8 Å². The van der Waals surface area contributed by atoms with E-state index in [0.717, 1.165) is 17.7 Å². The summed E-state index contributed by atoms with van der Waals surface area (Å²) < 4.78 is 8.27. The zero-order chi connectivity index (χ0) is 23.6. The molecule has 33 heavy (non-hydrogen) atoms. The monoisotopic (exact) mass is 482 g/mol. The molecule has 0 saturated carbocycles. The van der Waals surface area contributed by atoms with Gasteiger partial charge in [0.05, 0.1) is 23.2 Å². The molecule has 0 fully saturated rings. The minimum absolute atomic E-state index is 0.0202. The Labute approximate surface area is 202 Å². The minimum Gasteiger partial charge on any atom is -0.494 e. The largest absolute Gasteiger partial charge is 0.494 e. The van der Waals surface area contributed by atoms with Gasteiger partial charge in [0.15, 0.2) is 5.13 Å². The Kier molecular flexibility index (Phi) is 6.72. The van der Waals surface area contributed by atoms with Crippen LogP contribution in [0.4, 0.5) is 5.13 Å². The van der Waals surface area contributed by atoms with Crippen LogP contribution in [0.3, 0.4) is 0 Å². The fourth-order valence-corrected chi connectivity index (χ4v) is 4.89. The van der Waals surface area contributed by atoms with Gasteiger partial charge in [-0.2, -0.15) is 0 Å². The topological polar surface area (TPSA) is 60.2 Å². The number of amides is 1. The number of thiazole rings is 1. The number of hydrogen-bond acceptors (Lipinski definition) is 5. The number of methoxy groups -OCH3 is 1. The molecule has 0 aliphatic rings. The number of rotatable bonds is 7. The lowest BCUT2D eigenvalue weighted by atomic mass is 9.86. The number of fused-ring (bicyclic) bond motifs is 1. The molecule has 2 aromatic carbocycles. The van der Waals surface area contributed by atoms with E-state index in [1.807, 2.05) is 35.0 Å². The van der Waals surface area contributed by atoms with Crippen molar-refractivity contribution in [3.8, 4) is 5.75 Å². The molecule has 0 bridgehead atoms. The fourth-order valence-electron chi connectivity index (χ4n) is 3.60. The van der Waals surface area contributed by atoms with Crippen molar-refractivity contribution < 1.29 is 9.53 Å². The van der Waals surface area contributed by atoms with Gasteiger partial charge >= 0.3 is 0 Å². The van der Waals surface area contributed by atoms with Crippen molar-refractivity contribution in [1.82, 2.24) is 14.5 Å². The van der Waals surface area contributed by atoms with E-state index in [0.29, 0.717) is 33.5 Å². The smallest absolute Gasteiger partial charge is 0.260 e. The maximum absolute atomic E-state index is 13.6. The number of carbonyl (C=O) groups excluding carboxylic acids is 1. The van der Waals surface area contributed by atoms with Gasteiger partial charge < -0.3 is 9.30 Å². The van der Waals surface area contributed by atoms with Crippen molar-refractivity contribution in [2.45, 2.75) is 39.2 Å². The Balaban J connectivity index is 1.68. The average Bonchev–Trinajstić information content (AvgIpc) is 3.47. The van der Waals surface area contributed by atoms with Crippen LogP contribution in [0, 0.1) is 0 Å². The van der Waals surface area contributed by atoms with E-state index in [1.165, 1.54) is 16.9 Å². The van der Waals surface area contributed by atoms with E-state index in [2.05, 4.69) is 25.8 Å². The normalized spacial score (nSPS) is 11.7. The van der Waals surface area contributed by atoms with Gasteiger partial charge in [-0.3, -0.25) is 9.69 Å². The van der Waals surface area contributed by atoms with E-state index >= 15 is 0 Å². The molecule has 0 aliphatic heterocycles. The van der Waals surface area contributed by atoms with E-state index in [4.69, 9.17) is 21.3 Å². The number of anilines is 1. The lowest BCUT2D eigenvalue weighted by Crippen LogP contribution is -2.32.